The second-order valence-corrected chi connectivity index (χ2v) is 3.57. The number of aliphatic hydroxyl groups excluding tert-OH is 1. The van der Waals surface area contributed by atoms with Gasteiger partial charge in [0.05, 0.1) is 6.61 Å². The summed E-state index contributed by atoms with van der Waals surface area (Å²) in [5, 5.41) is 8.55. The molecule has 5 nitrogen and oxygen atoms in total. The molecule has 0 radical (unpaired) electrons. The van der Waals surface area contributed by atoms with E-state index in [0.29, 0.717) is 18.8 Å². The van der Waals surface area contributed by atoms with Gasteiger partial charge in [-0.05, 0) is 25.8 Å². The van der Waals surface area contributed by atoms with Gasteiger partial charge in [0.2, 0.25) is 0 Å². The van der Waals surface area contributed by atoms with Gasteiger partial charge >= 0.3 is 5.97 Å². The maximum absolute atomic E-state index is 11.7. The molecule has 1 atom stereocenters. The van der Waals surface area contributed by atoms with Crippen LogP contribution >= 0.6 is 0 Å². The SMILES string of the molecule is C=C(C)C(=O)C(CCOCC)C(=O)OCCO. The Morgan fingerprint density at radius 3 is 2.47 bits per heavy atom. The summed E-state index contributed by atoms with van der Waals surface area (Å²) >= 11 is 0. The van der Waals surface area contributed by atoms with Gasteiger partial charge in [0.1, 0.15) is 12.5 Å². The van der Waals surface area contributed by atoms with Crippen LogP contribution in [0.5, 0.6) is 0 Å². The molecule has 0 aliphatic heterocycles. The van der Waals surface area contributed by atoms with Crippen LogP contribution in [0.3, 0.4) is 0 Å². The number of carbonyl (C=O) groups excluding carboxylic acids is 2. The number of rotatable bonds is 9. The highest BCUT2D eigenvalue weighted by molar-refractivity contribution is 6.07. The van der Waals surface area contributed by atoms with Crippen molar-refractivity contribution >= 4 is 11.8 Å². The Bertz CT molecular complexity index is 272. The van der Waals surface area contributed by atoms with Crippen molar-refractivity contribution in [3.05, 3.63) is 12.2 Å². The molecule has 0 amide bonds. The molecule has 0 rings (SSSR count). The number of hydrogen-bond donors (Lipinski definition) is 1. The zero-order valence-electron chi connectivity index (χ0n) is 10.4. The fourth-order valence-electron chi connectivity index (χ4n) is 1.25. The molecule has 5 heteroatoms. The van der Waals surface area contributed by atoms with Crippen LogP contribution < -0.4 is 0 Å². The molecule has 0 aliphatic rings. The first-order valence-electron chi connectivity index (χ1n) is 5.59. The average molecular weight is 244 g/mol. The minimum atomic E-state index is -0.884. The fraction of sp³-hybridized carbons (Fsp3) is 0.667. The van der Waals surface area contributed by atoms with E-state index in [1.165, 1.54) is 0 Å². The minimum Gasteiger partial charge on any atom is -0.463 e. The van der Waals surface area contributed by atoms with Crippen molar-refractivity contribution in [3.63, 3.8) is 0 Å². The third-order valence-electron chi connectivity index (χ3n) is 2.11. The first-order valence-corrected chi connectivity index (χ1v) is 5.59. The quantitative estimate of drug-likeness (QED) is 0.280. The van der Waals surface area contributed by atoms with Crippen molar-refractivity contribution < 1.29 is 24.2 Å². The number of Topliss-reactive ketones (excluding diaryl/α,β-unsaturated/α-hetero) is 1. The zero-order valence-corrected chi connectivity index (χ0v) is 10.4. The third kappa shape index (κ3) is 6.19. The Labute approximate surface area is 101 Å². The molecule has 1 unspecified atom stereocenters. The number of aliphatic hydroxyl groups is 1. The topological polar surface area (TPSA) is 72.8 Å². The first-order chi connectivity index (χ1) is 8.04. The standard InChI is InChI=1S/C12H20O5/c1-4-16-7-5-10(11(14)9(2)3)12(15)17-8-6-13/h10,13H,2,4-8H2,1,3H3. The number of esters is 1. The van der Waals surface area contributed by atoms with E-state index in [-0.39, 0.29) is 25.4 Å². The number of hydrogen-bond acceptors (Lipinski definition) is 5. The Morgan fingerprint density at radius 1 is 1.35 bits per heavy atom. The molecule has 0 aromatic rings. The van der Waals surface area contributed by atoms with Crippen LogP contribution in [0.15, 0.2) is 12.2 Å². The average Bonchev–Trinajstić information content (AvgIpc) is 2.30. The summed E-state index contributed by atoms with van der Waals surface area (Å²) in [5.74, 6) is -1.86. The summed E-state index contributed by atoms with van der Waals surface area (Å²) in [6.07, 6.45) is 0.268. The molecule has 0 bridgehead atoms. The molecule has 0 aliphatic carbocycles. The van der Waals surface area contributed by atoms with E-state index < -0.39 is 11.9 Å². The van der Waals surface area contributed by atoms with Crippen LogP contribution in [0.25, 0.3) is 0 Å². The molecule has 98 valence electrons. The predicted molar refractivity (Wildman–Crippen MR) is 62.5 cm³/mol. The summed E-state index contributed by atoms with van der Waals surface area (Å²) in [6.45, 7) is 7.38. The van der Waals surface area contributed by atoms with E-state index in [1.807, 2.05) is 6.92 Å². The van der Waals surface area contributed by atoms with Crippen LogP contribution in [0, 0.1) is 5.92 Å². The van der Waals surface area contributed by atoms with Gasteiger partial charge in [0.25, 0.3) is 0 Å². The van der Waals surface area contributed by atoms with Gasteiger partial charge in [-0.15, -0.1) is 0 Å². The van der Waals surface area contributed by atoms with E-state index in [0.717, 1.165) is 0 Å². The number of ether oxygens (including phenoxy) is 2. The first kappa shape index (κ1) is 15.8. The molecule has 0 saturated heterocycles. The summed E-state index contributed by atoms with van der Waals surface area (Å²) < 4.78 is 9.86. The van der Waals surface area contributed by atoms with Crippen LogP contribution in [0.4, 0.5) is 0 Å². The van der Waals surface area contributed by atoms with E-state index in [2.05, 4.69) is 6.58 Å². The van der Waals surface area contributed by atoms with Gasteiger partial charge in [-0.2, -0.15) is 0 Å². The summed E-state index contributed by atoms with van der Waals surface area (Å²) in [5.41, 5.74) is 0.312. The van der Waals surface area contributed by atoms with Gasteiger partial charge < -0.3 is 14.6 Å². The number of ketones is 1. The van der Waals surface area contributed by atoms with E-state index in [4.69, 9.17) is 14.6 Å². The van der Waals surface area contributed by atoms with Gasteiger partial charge in [0.15, 0.2) is 5.78 Å². The molecular weight excluding hydrogens is 224 g/mol. The van der Waals surface area contributed by atoms with Crippen molar-refractivity contribution in [1.82, 2.24) is 0 Å². The summed E-state index contributed by atoms with van der Waals surface area (Å²) in [6, 6.07) is 0. The number of carbonyl (C=O) groups is 2. The molecule has 0 saturated carbocycles. The Balaban J connectivity index is 4.43. The van der Waals surface area contributed by atoms with Gasteiger partial charge in [-0.1, -0.05) is 6.58 Å². The molecule has 1 N–H and O–H groups in total. The highest BCUT2D eigenvalue weighted by Crippen LogP contribution is 2.12. The second-order valence-electron chi connectivity index (χ2n) is 3.57. The lowest BCUT2D eigenvalue weighted by Gasteiger charge is -2.14. The highest BCUT2D eigenvalue weighted by Gasteiger charge is 2.27. The van der Waals surface area contributed by atoms with Crippen LogP contribution in [-0.4, -0.2) is 43.3 Å². The van der Waals surface area contributed by atoms with Crippen molar-refractivity contribution in [2.24, 2.45) is 5.92 Å². The Hall–Kier alpha value is -1.20. The third-order valence-corrected chi connectivity index (χ3v) is 2.11. The summed E-state index contributed by atoms with van der Waals surface area (Å²) in [7, 11) is 0. The molecule has 0 aromatic heterocycles. The van der Waals surface area contributed by atoms with E-state index in [9.17, 15) is 9.59 Å². The van der Waals surface area contributed by atoms with Crippen molar-refractivity contribution in [3.8, 4) is 0 Å². The highest BCUT2D eigenvalue weighted by atomic mass is 16.5. The molecule has 17 heavy (non-hydrogen) atoms. The lowest BCUT2D eigenvalue weighted by molar-refractivity contribution is -0.152. The van der Waals surface area contributed by atoms with Crippen LogP contribution in [0.2, 0.25) is 0 Å². The van der Waals surface area contributed by atoms with Gasteiger partial charge in [0, 0.05) is 13.2 Å². The maximum Gasteiger partial charge on any atom is 0.317 e. The molecular formula is C12H20O5. The molecule has 0 fully saturated rings. The maximum atomic E-state index is 11.7. The number of allylic oxidation sites excluding steroid dienone is 1. The van der Waals surface area contributed by atoms with Crippen LogP contribution in [-0.2, 0) is 19.1 Å². The van der Waals surface area contributed by atoms with Gasteiger partial charge in [-0.3, -0.25) is 9.59 Å². The smallest absolute Gasteiger partial charge is 0.317 e. The molecule has 0 spiro atoms. The lowest BCUT2D eigenvalue weighted by atomic mass is 9.96. The van der Waals surface area contributed by atoms with Crippen LogP contribution in [0.1, 0.15) is 20.3 Å². The van der Waals surface area contributed by atoms with Crippen molar-refractivity contribution in [1.29, 1.82) is 0 Å². The molecule has 0 aromatic carbocycles. The Kier molecular flexibility index (Phi) is 8.27. The van der Waals surface area contributed by atoms with Gasteiger partial charge in [-0.25, -0.2) is 0 Å². The lowest BCUT2D eigenvalue weighted by Crippen LogP contribution is -2.28. The van der Waals surface area contributed by atoms with Crippen molar-refractivity contribution in [2.45, 2.75) is 20.3 Å². The minimum absolute atomic E-state index is 0.104. The normalized spacial score (nSPS) is 11.9. The monoisotopic (exact) mass is 244 g/mol. The predicted octanol–water partition coefficient (Wildman–Crippen LogP) is 0.710. The van der Waals surface area contributed by atoms with Crippen molar-refractivity contribution in [2.75, 3.05) is 26.4 Å². The zero-order chi connectivity index (χ0) is 13.3. The Morgan fingerprint density at radius 2 is 2.00 bits per heavy atom. The molecule has 0 heterocycles. The van der Waals surface area contributed by atoms with E-state index >= 15 is 0 Å². The van der Waals surface area contributed by atoms with E-state index in [1.54, 1.807) is 6.92 Å². The second kappa shape index (κ2) is 8.90. The largest absolute Gasteiger partial charge is 0.463 e. The summed E-state index contributed by atoms with van der Waals surface area (Å²) in [4.78, 5) is 23.3. The fourth-order valence-corrected chi connectivity index (χ4v) is 1.25.